The van der Waals surface area contributed by atoms with Crippen molar-refractivity contribution < 1.29 is 14.6 Å². The van der Waals surface area contributed by atoms with Crippen LogP contribution in [0.4, 0.5) is 0 Å². The Kier molecular flexibility index (Phi) is 5.40. The largest absolute Gasteiger partial charge is 0.481 e. The summed E-state index contributed by atoms with van der Waals surface area (Å²) in [5, 5.41) is 9.06. The molecule has 4 nitrogen and oxygen atoms in total. The molecule has 0 aromatic carbocycles. The molecule has 4 heteroatoms. The van der Waals surface area contributed by atoms with Crippen molar-refractivity contribution >= 4 is 5.97 Å². The molecule has 100 valence electrons. The number of carboxylic acids is 1. The Balaban J connectivity index is 2.34. The van der Waals surface area contributed by atoms with E-state index in [0.29, 0.717) is 12.5 Å². The van der Waals surface area contributed by atoms with Crippen LogP contribution in [0.2, 0.25) is 0 Å². The molecule has 0 aromatic rings. The van der Waals surface area contributed by atoms with E-state index in [4.69, 9.17) is 9.84 Å². The van der Waals surface area contributed by atoms with E-state index in [0.717, 1.165) is 39.1 Å². The van der Waals surface area contributed by atoms with Gasteiger partial charge in [0.15, 0.2) is 0 Å². The molecule has 17 heavy (non-hydrogen) atoms. The number of carbonyl (C=O) groups is 1. The molecule has 1 aliphatic rings. The molecule has 0 bridgehead atoms. The molecule has 0 spiro atoms. The van der Waals surface area contributed by atoms with Gasteiger partial charge in [-0.05, 0) is 53.1 Å². The first-order chi connectivity index (χ1) is 7.95. The summed E-state index contributed by atoms with van der Waals surface area (Å²) in [5.41, 5.74) is -0.626. The van der Waals surface area contributed by atoms with Gasteiger partial charge in [-0.3, -0.25) is 4.79 Å². The van der Waals surface area contributed by atoms with Crippen molar-refractivity contribution in [3.05, 3.63) is 0 Å². The molecule has 1 unspecified atom stereocenters. The summed E-state index contributed by atoms with van der Waals surface area (Å²) in [6.07, 6.45) is 3.31. The van der Waals surface area contributed by atoms with Gasteiger partial charge in [0.25, 0.3) is 0 Å². The normalized spacial score (nSPS) is 22.6. The van der Waals surface area contributed by atoms with Crippen molar-refractivity contribution in [2.45, 2.75) is 46.1 Å². The van der Waals surface area contributed by atoms with E-state index in [9.17, 15) is 4.79 Å². The molecule has 0 amide bonds. The third kappa shape index (κ3) is 4.64. The van der Waals surface area contributed by atoms with E-state index in [1.165, 1.54) is 0 Å². The lowest BCUT2D eigenvalue weighted by Crippen LogP contribution is -2.41. The number of likely N-dealkylation sites (tertiary alicyclic amines) is 1. The number of carboxylic acid groups (broad SMARTS) is 1. The molecule has 0 saturated carbocycles. The van der Waals surface area contributed by atoms with Crippen LogP contribution in [0.5, 0.6) is 0 Å². The minimum atomic E-state index is -0.712. The monoisotopic (exact) mass is 243 g/mol. The van der Waals surface area contributed by atoms with Gasteiger partial charge in [0.2, 0.25) is 0 Å². The van der Waals surface area contributed by atoms with E-state index in [-0.39, 0.29) is 0 Å². The quantitative estimate of drug-likeness (QED) is 0.775. The summed E-state index contributed by atoms with van der Waals surface area (Å²) in [5.74, 6) is -0.712. The Bertz CT molecular complexity index is 251. The van der Waals surface area contributed by atoms with Crippen LogP contribution in [0.1, 0.15) is 40.0 Å². The highest BCUT2D eigenvalue weighted by atomic mass is 16.5. The molecule has 1 atom stereocenters. The number of nitrogens with zero attached hydrogens (tertiary/aromatic N) is 1. The van der Waals surface area contributed by atoms with Crippen molar-refractivity contribution in [1.82, 2.24) is 4.90 Å². The van der Waals surface area contributed by atoms with Crippen LogP contribution >= 0.6 is 0 Å². The fourth-order valence-electron chi connectivity index (χ4n) is 2.13. The van der Waals surface area contributed by atoms with Crippen LogP contribution in [0.25, 0.3) is 0 Å². The minimum absolute atomic E-state index is 0.335. The third-order valence-electron chi connectivity index (χ3n) is 3.50. The van der Waals surface area contributed by atoms with Gasteiger partial charge < -0.3 is 14.7 Å². The fraction of sp³-hybridized carbons (Fsp3) is 0.923. The number of ether oxygens (including phenoxy) is 1. The Hall–Kier alpha value is -0.610. The van der Waals surface area contributed by atoms with Crippen LogP contribution in [-0.2, 0) is 9.53 Å². The van der Waals surface area contributed by atoms with Crippen molar-refractivity contribution in [2.24, 2.45) is 5.41 Å². The smallest absolute Gasteiger partial charge is 0.309 e. The van der Waals surface area contributed by atoms with Crippen molar-refractivity contribution in [3.63, 3.8) is 0 Å². The highest BCUT2D eigenvalue weighted by molar-refractivity contribution is 5.73. The van der Waals surface area contributed by atoms with Crippen LogP contribution < -0.4 is 0 Å². The summed E-state index contributed by atoms with van der Waals surface area (Å²) >= 11 is 0. The van der Waals surface area contributed by atoms with Crippen molar-refractivity contribution in [1.29, 1.82) is 0 Å². The predicted octanol–water partition coefficient (Wildman–Crippen LogP) is 1.99. The van der Waals surface area contributed by atoms with Gasteiger partial charge in [0.05, 0.1) is 11.5 Å². The second kappa shape index (κ2) is 6.36. The van der Waals surface area contributed by atoms with Gasteiger partial charge in [0, 0.05) is 13.2 Å². The Morgan fingerprint density at radius 1 is 1.53 bits per heavy atom. The molecule has 0 aliphatic carbocycles. The van der Waals surface area contributed by atoms with Gasteiger partial charge in [0.1, 0.15) is 0 Å². The molecular weight excluding hydrogens is 218 g/mol. The number of hydrogen-bond donors (Lipinski definition) is 1. The molecule has 0 radical (unpaired) electrons. The second-order valence-corrected chi connectivity index (χ2v) is 5.46. The number of aliphatic carboxylic acids is 1. The van der Waals surface area contributed by atoms with E-state index in [1.807, 2.05) is 6.92 Å². The van der Waals surface area contributed by atoms with Gasteiger partial charge in [-0.25, -0.2) is 0 Å². The Labute approximate surface area is 104 Å². The minimum Gasteiger partial charge on any atom is -0.481 e. The lowest BCUT2D eigenvalue weighted by Gasteiger charge is -2.34. The van der Waals surface area contributed by atoms with Gasteiger partial charge >= 0.3 is 5.97 Å². The number of hydrogen-bond acceptors (Lipinski definition) is 3. The zero-order valence-electron chi connectivity index (χ0n) is 11.2. The fourth-order valence-corrected chi connectivity index (χ4v) is 2.13. The van der Waals surface area contributed by atoms with E-state index >= 15 is 0 Å². The Morgan fingerprint density at radius 3 is 2.82 bits per heavy atom. The standard InChI is InChI=1S/C13H25NO3/c1-4-17-11-6-5-8-14(10-11)9-7-13(2,3)12(15)16/h11H,4-10H2,1-3H3,(H,15,16). The number of piperidine rings is 1. The summed E-state index contributed by atoms with van der Waals surface area (Å²) in [4.78, 5) is 13.3. The lowest BCUT2D eigenvalue weighted by molar-refractivity contribution is -0.147. The summed E-state index contributed by atoms with van der Waals surface area (Å²) < 4.78 is 5.63. The zero-order valence-corrected chi connectivity index (χ0v) is 11.2. The van der Waals surface area contributed by atoms with Crippen LogP contribution in [0.3, 0.4) is 0 Å². The molecule has 1 saturated heterocycles. The average molecular weight is 243 g/mol. The average Bonchev–Trinajstić information content (AvgIpc) is 2.27. The maximum absolute atomic E-state index is 11.0. The van der Waals surface area contributed by atoms with E-state index in [1.54, 1.807) is 13.8 Å². The van der Waals surface area contributed by atoms with E-state index < -0.39 is 11.4 Å². The lowest BCUT2D eigenvalue weighted by atomic mass is 9.89. The van der Waals surface area contributed by atoms with E-state index in [2.05, 4.69) is 4.90 Å². The summed E-state index contributed by atoms with van der Waals surface area (Å²) in [7, 11) is 0. The van der Waals surface area contributed by atoms with Crippen molar-refractivity contribution in [2.75, 3.05) is 26.2 Å². The number of rotatable bonds is 6. The highest BCUT2D eigenvalue weighted by Gasteiger charge is 2.28. The van der Waals surface area contributed by atoms with Gasteiger partial charge in [-0.2, -0.15) is 0 Å². The first-order valence-corrected chi connectivity index (χ1v) is 6.53. The topological polar surface area (TPSA) is 49.8 Å². The predicted molar refractivity (Wildman–Crippen MR) is 67.1 cm³/mol. The van der Waals surface area contributed by atoms with Crippen LogP contribution in [-0.4, -0.2) is 48.3 Å². The highest BCUT2D eigenvalue weighted by Crippen LogP contribution is 2.22. The molecule has 1 N–H and O–H groups in total. The first kappa shape index (κ1) is 14.5. The molecule has 0 aromatic heterocycles. The molecule has 1 aliphatic heterocycles. The maximum atomic E-state index is 11.0. The molecule has 1 rings (SSSR count). The Morgan fingerprint density at radius 2 is 2.24 bits per heavy atom. The second-order valence-electron chi connectivity index (χ2n) is 5.46. The summed E-state index contributed by atoms with van der Waals surface area (Å²) in [6.45, 7) is 9.23. The summed E-state index contributed by atoms with van der Waals surface area (Å²) in [6, 6.07) is 0. The molecule has 1 fully saturated rings. The van der Waals surface area contributed by atoms with Crippen LogP contribution in [0, 0.1) is 5.41 Å². The third-order valence-corrected chi connectivity index (χ3v) is 3.50. The molecular formula is C13H25NO3. The zero-order chi connectivity index (χ0) is 12.9. The maximum Gasteiger partial charge on any atom is 0.309 e. The molecule has 1 heterocycles. The van der Waals surface area contributed by atoms with Crippen LogP contribution in [0.15, 0.2) is 0 Å². The van der Waals surface area contributed by atoms with Gasteiger partial charge in [-0.1, -0.05) is 0 Å². The van der Waals surface area contributed by atoms with Crippen molar-refractivity contribution in [3.8, 4) is 0 Å². The SMILES string of the molecule is CCOC1CCCN(CCC(C)(C)C(=O)O)C1. The van der Waals surface area contributed by atoms with Gasteiger partial charge in [-0.15, -0.1) is 0 Å². The first-order valence-electron chi connectivity index (χ1n) is 6.53.